The van der Waals surface area contributed by atoms with Crippen molar-refractivity contribution in [1.29, 1.82) is 0 Å². The Morgan fingerprint density at radius 1 is 1.28 bits per heavy atom. The first kappa shape index (κ1) is 21.9. The number of amides is 1. The quantitative estimate of drug-likeness (QED) is 0.496. The highest BCUT2D eigenvalue weighted by Crippen LogP contribution is 2.37. The summed E-state index contributed by atoms with van der Waals surface area (Å²) >= 11 is 9.80. The summed E-state index contributed by atoms with van der Waals surface area (Å²) < 4.78 is 12.3. The van der Waals surface area contributed by atoms with Crippen LogP contribution in [-0.2, 0) is 17.9 Å². The van der Waals surface area contributed by atoms with E-state index in [0.29, 0.717) is 36.1 Å². The molecule has 7 heteroatoms. The van der Waals surface area contributed by atoms with E-state index in [9.17, 15) is 4.79 Å². The van der Waals surface area contributed by atoms with Crippen molar-refractivity contribution in [2.24, 2.45) is 0 Å². The SMILES string of the molecule is COc1cc(CNCCCN2CCCC2=O)cc(Br)c1OCc1ccccc1Cl. The third-order valence-electron chi connectivity index (χ3n) is 4.90. The number of rotatable bonds is 10. The van der Waals surface area contributed by atoms with Gasteiger partial charge in [0, 0.05) is 36.6 Å². The molecule has 0 saturated carbocycles. The molecule has 0 bridgehead atoms. The molecule has 1 amide bonds. The normalized spacial score (nSPS) is 13.8. The minimum atomic E-state index is 0.283. The lowest BCUT2D eigenvalue weighted by Gasteiger charge is -2.16. The van der Waals surface area contributed by atoms with Crippen molar-refractivity contribution in [2.75, 3.05) is 26.7 Å². The van der Waals surface area contributed by atoms with Crippen LogP contribution < -0.4 is 14.8 Å². The maximum absolute atomic E-state index is 11.6. The van der Waals surface area contributed by atoms with Crippen molar-refractivity contribution < 1.29 is 14.3 Å². The number of hydrogen-bond donors (Lipinski definition) is 1. The Morgan fingerprint density at radius 3 is 2.83 bits per heavy atom. The van der Waals surface area contributed by atoms with Crippen molar-refractivity contribution in [1.82, 2.24) is 10.2 Å². The molecule has 0 spiro atoms. The summed E-state index contributed by atoms with van der Waals surface area (Å²) in [6.07, 6.45) is 2.64. The molecule has 0 radical (unpaired) electrons. The van der Waals surface area contributed by atoms with Gasteiger partial charge in [0.2, 0.25) is 5.91 Å². The van der Waals surface area contributed by atoms with Gasteiger partial charge in [-0.1, -0.05) is 29.8 Å². The summed E-state index contributed by atoms with van der Waals surface area (Å²) in [4.78, 5) is 13.6. The summed E-state index contributed by atoms with van der Waals surface area (Å²) in [5, 5.41) is 4.11. The topological polar surface area (TPSA) is 50.8 Å². The van der Waals surface area contributed by atoms with E-state index in [1.807, 2.05) is 41.3 Å². The van der Waals surface area contributed by atoms with Crippen molar-refractivity contribution in [3.63, 3.8) is 0 Å². The second kappa shape index (κ2) is 10.9. The van der Waals surface area contributed by atoms with Gasteiger partial charge in [-0.2, -0.15) is 0 Å². The Bertz CT molecular complexity index is 847. The van der Waals surface area contributed by atoms with Gasteiger partial charge in [0.15, 0.2) is 11.5 Å². The first-order valence-corrected chi connectivity index (χ1v) is 11.0. The molecule has 0 aliphatic carbocycles. The second-order valence-electron chi connectivity index (χ2n) is 7.00. The zero-order valence-electron chi connectivity index (χ0n) is 16.5. The predicted molar refractivity (Wildman–Crippen MR) is 119 cm³/mol. The fourth-order valence-electron chi connectivity index (χ4n) is 3.35. The van der Waals surface area contributed by atoms with Crippen LogP contribution in [0.5, 0.6) is 11.5 Å². The average molecular weight is 482 g/mol. The van der Waals surface area contributed by atoms with E-state index in [0.717, 1.165) is 48.1 Å². The Kier molecular flexibility index (Phi) is 8.21. The monoisotopic (exact) mass is 480 g/mol. The van der Waals surface area contributed by atoms with Crippen molar-refractivity contribution in [3.8, 4) is 11.5 Å². The summed E-state index contributed by atoms with van der Waals surface area (Å²) in [5.41, 5.74) is 2.02. The lowest BCUT2D eigenvalue weighted by molar-refractivity contribution is -0.127. The standard InChI is InChI=1S/C22H26BrClN2O3/c1-28-20-13-16(14-25-9-5-11-26-10-4-8-21(26)27)12-18(23)22(20)29-15-17-6-2-3-7-19(17)24/h2-3,6-7,12-13,25H,4-5,8-11,14-15H2,1H3. The smallest absolute Gasteiger partial charge is 0.222 e. The zero-order chi connectivity index (χ0) is 20.6. The van der Waals surface area contributed by atoms with Crippen molar-refractivity contribution >= 4 is 33.4 Å². The van der Waals surface area contributed by atoms with E-state index in [1.54, 1.807) is 7.11 Å². The van der Waals surface area contributed by atoms with Crippen LogP contribution in [0.25, 0.3) is 0 Å². The van der Waals surface area contributed by atoms with E-state index in [1.165, 1.54) is 0 Å². The Hall–Kier alpha value is -1.76. The number of halogens is 2. The van der Waals surface area contributed by atoms with Gasteiger partial charge in [-0.25, -0.2) is 0 Å². The molecule has 0 atom stereocenters. The number of hydrogen-bond acceptors (Lipinski definition) is 4. The number of carbonyl (C=O) groups excluding carboxylic acids is 1. The largest absolute Gasteiger partial charge is 0.493 e. The predicted octanol–water partition coefficient (Wildman–Crippen LogP) is 4.79. The Balaban J connectivity index is 1.52. The van der Waals surface area contributed by atoms with Crippen molar-refractivity contribution in [3.05, 3.63) is 57.0 Å². The summed E-state index contributed by atoms with van der Waals surface area (Å²) in [6, 6.07) is 11.6. The highest BCUT2D eigenvalue weighted by molar-refractivity contribution is 9.10. The molecule has 29 heavy (non-hydrogen) atoms. The van der Waals surface area contributed by atoms with Gasteiger partial charge >= 0.3 is 0 Å². The molecule has 3 rings (SSSR count). The lowest BCUT2D eigenvalue weighted by atomic mass is 10.2. The number of nitrogens with zero attached hydrogens (tertiary/aromatic N) is 1. The van der Waals surface area contributed by atoms with E-state index in [2.05, 4.69) is 21.2 Å². The van der Waals surface area contributed by atoms with Crippen LogP contribution in [0.3, 0.4) is 0 Å². The molecule has 1 saturated heterocycles. The maximum Gasteiger partial charge on any atom is 0.222 e. The first-order valence-electron chi connectivity index (χ1n) is 9.79. The lowest BCUT2D eigenvalue weighted by Crippen LogP contribution is -2.28. The van der Waals surface area contributed by atoms with Crippen LogP contribution in [0.2, 0.25) is 5.02 Å². The van der Waals surface area contributed by atoms with Crippen molar-refractivity contribution in [2.45, 2.75) is 32.4 Å². The molecular weight excluding hydrogens is 456 g/mol. The van der Waals surface area contributed by atoms with E-state index in [-0.39, 0.29) is 5.91 Å². The molecule has 0 unspecified atom stereocenters. The Morgan fingerprint density at radius 2 is 2.10 bits per heavy atom. The third-order valence-corrected chi connectivity index (χ3v) is 5.86. The number of likely N-dealkylation sites (tertiary alicyclic amines) is 1. The highest BCUT2D eigenvalue weighted by atomic mass is 79.9. The number of benzene rings is 2. The van der Waals surface area contributed by atoms with Gasteiger partial charge < -0.3 is 19.7 Å². The molecule has 2 aromatic carbocycles. The van der Waals surface area contributed by atoms with Gasteiger partial charge in [-0.3, -0.25) is 4.79 Å². The molecule has 2 aromatic rings. The summed E-state index contributed by atoms with van der Waals surface area (Å²) in [7, 11) is 1.63. The van der Waals surface area contributed by atoms with Gasteiger partial charge in [0.05, 0.1) is 11.6 Å². The number of carbonyl (C=O) groups is 1. The molecular formula is C22H26BrClN2O3. The fourth-order valence-corrected chi connectivity index (χ4v) is 4.14. The Labute approximate surface area is 185 Å². The van der Waals surface area contributed by atoms with E-state index in [4.69, 9.17) is 21.1 Å². The van der Waals surface area contributed by atoms with Crippen LogP contribution in [0.1, 0.15) is 30.4 Å². The molecule has 1 N–H and O–H groups in total. The fraction of sp³-hybridized carbons (Fsp3) is 0.409. The minimum Gasteiger partial charge on any atom is -0.493 e. The molecule has 1 fully saturated rings. The maximum atomic E-state index is 11.6. The van der Waals surface area contributed by atoms with Gasteiger partial charge in [0.1, 0.15) is 6.61 Å². The second-order valence-corrected chi connectivity index (χ2v) is 8.27. The van der Waals surface area contributed by atoms with E-state index < -0.39 is 0 Å². The molecule has 0 aromatic heterocycles. The minimum absolute atomic E-state index is 0.283. The molecule has 1 aliphatic rings. The average Bonchev–Trinajstić information content (AvgIpc) is 3.12. The summed E-state index contributed by atoms with van der Waals surface area (Å²) in [5.74, 6) is 1.61. The van der Waals surface area contributed by atoms with Crippen LogP contribution >= 0.6 is 27.5 Å². The van der Waals surface area contributed by atoms with Crippen LogP contribution in [-0.4, -0.2) is 37.6 Å². The number of nitrogens with one attached hydrogen (secondary N) is 1. The zero-order valence-corrected chi connectivity index (χ0v) is 18.9. The van der Waals surface area contributed by atoms with Gasteiger partial charge in [-0.05, 0) is 59.1 Å². The van der Waals surface area contributed by atoms with Gasteiger partial charge in [-0.15, -0.1) is 0 Å². The number of methoxy groups -OCH3 is 1. The highest BCUT2D eigenvalue weighted by Gasteiger charge is 2.19. The summed E-state index contributed by atoms with van der Waals surface area (Å²) in [6.45, 7) is 3.66. The number of ether oxygens (including phenoxy) is 2. The first-order chi connectivity index (χ1) is 14.1. The van der Waals surface area contributed by atoms with E-state index >= 15 is 0 Å². The van der Waals surface area contributed by atoms with Crippen LogP contribution in [0.4, 0.5) is 0 Å². The molecule has 1 heterocycles. The van der Waals surface area contributed by atoms with Gasteiger partial charge in [0.25, 0.3) is 0 Å². The molecule has 5 nitrogen and oxygen atoms in total. The third kappa shape index (κ3) is 6.11. The molecule has 1 aliphatic heterocycles. The van der Waals surface area contributed by atoms with Crippen LogP contribution in [0, 0.1) is 0 Å². The molecule has 156 valence electrons. The van der Waals surface area contributed by atoms with Crippen LogP contribution in [0.15, 0.2) is 40.9 Å².